The molecular formula is C13H18N4O. The third-order valence-electron chi connectivity index (χ3n) is 3.72. The van der Waals surface area contributed by atoms with Gasteiger partial charge in [0.15, 0.2) is 5.69 Å². The second-order valence-electron chi connectivity index (χ2n) is 4.94. The third-order valence-corrected chi connectivity index (χ3v) is 3.72. The number of imidazole rings is 1. The van der Waals surface area contributed by atoms with Crippen LogP contribution < -0.4 is 5.32 Å². The zero-order valence-electron chi connectivity index (χ0n) is 10.5. The fourth-order valence-electron chi connectivity index (χ4n) is 2.82. The summed E-state index contributed by atoms with van der Waals surface area (Å²) < 4.78 is 7.95. The molecule has 0 aliphatic carbocycles. The molecule has 1 saturated heterocycles. The Balaban J connectivity index is 1.83. The number of ether oxygens (including phenoxy) is 1. The van der Waals surface area contributed by atoms with Crippen molar-refractivity contribution in [3.8, 4) is 6.07 Å². The number of nitriles is 1. The van der Waals surface area contributed by atoms with Gasteiger partial charge in [-0.1, -0.05) is 0 Å². The van der Waals surface area contributed by atoms with Crippen LogP contribution in [0.5, 0.6) is 0 Å². The number of hydrogen-bond donors (Lipinski definition) is 1. The Labute approximate surface area is 107 Å². The topological polar surface area (TPSA) is 62.9 Å². The Kier molecular flexibility index (Phi) is 3.31. The first-order chi connectivity index (χ1) is 8.88. The van der Waals surface area contributed by atoms with E-state index in [0.29, 0.717) is 5.69 Å². The highest BCUT2D eigenvalue weighted by Crippen LogP contribution is 2.21. The SMILES string of the molecule is N#Cc1nc(CC2CNCCO2)n2c1CCCC2. The summed E-state index contributed by atoms with van der Waals surface area (Å²) in [6, 6.07) is 2.22. The molecule has 0 radical (unpaired) electrons. The van der Waals surface area contributed by atoms with E-state index in [9.17, 15) is 0 Å². The monoisotopic (exact) mass is 246 g/mol. The maximum atomic E-state index is 9.14. The molecule has 0 bridgehead atoms. The molecule has 1 fully saturated rings. The summed E-state index contributed by atoms with van der Waals surface area (Å²) in [5.74, 6) is 1.02. The Morgan fingerprint density at radius 3 is 3.22 bits per heavy atom. The minimum Gasteiger partial charge on any atom is -0.375 e. The molecule has 5 nitrogen and oxygen atoms in total. The van der Waals surface area contributed by atoms with E-state index in [2.05, 4.69) is 20.9 Å². The van der Waals surface area contributed by atoms with E-state index in [4.69, 9.17) is 10.00 Å². The van der Waals surface area contributed by atoms with Gasteiger partial charge in [0.05, 0.1) is 18.4 Å². The van der Waals surface area contributed by atoms with Crippen molar-refractivity contribution in [2.45, 2.75) is 38.3 Å². The molecule has 3 heterocycles. The Bertz CT molecular complexity index is 468. The molecule has 2 aliphatic heterocycles. The van der Waals surface area contributed by atoms with Crippen LogP contribution in [0.15, 0.2) is 0 Å². The van der Waals surface area contributed by atoms with Gasteiger partial charge < -0.3 is 14.6 Å². The molecule has 1 aromatic rings. The average molecular weight is 246 g/mol. The van der Waals surface area contributed by atoms with Crippen molar-refractivity contribution in [2.24, 2.45) is 0 Å². The maximum Gasteiger partial charge on any atom is 0.161 e. The van der Waals surface area contributed by atoms with Crippen molar-refractivity contribution in [3.63, 3.8) is 0 Å². The van der Waals surface area contributed by atoms with Crippen molar-refractivity contribution >= 4 is 0 Å². The lowest BCUT2D eigenvalue weighted by Crippen LogP contribution is -2.40. The number of aromatic nitrogens is 2. The zero-order valence-corrected chi connectivity index (χ0v) is 10.5. The first kappa shape index (κ1) is 11.7. The van der Waals surface area contributed by atoms with Crippen LogP contribution in [0.4, 0.5) is 0 Å². The quantitative estimate of drug-likeness (QED) is 0.831. The molecule has 3 rings (SSSR count). The van der Waals surface area contributed by atoms with Gasteiger partial charge in [0.2, 0.25) is 0 Å². The smallest absolute Gasteiger partial charge is 0.161 e. The summed E-state index contributed by atoms with van der Waals surface area (Å²) in [6.07, 6.45) is 4.34. The molecule has 1 atom stereocenters. The largest absolute Gasteiger partial charge is 0.375 e. The Morgan fingerprint density at radius 2 is 2.44 bits per heavy atom. The fourth-order valence-corrected chi connectivity index (χ4v) is 2.82. The standard InChI is InChI=1S/C13H18N4O/c14-8-11-12-3-1-2-5-17(12)13(16-11)7-10-9-15-4-6-18-10/h10,15H,1-7,9H2. The fraction of sp³-hybridized carbons (Fsp3) is 0.692. The predicted octanol–water partition coefficient (Wildman–Crippen LogP) is 0.622. The van der Waals surface area contributed by atoms with E-state index in [0.717, 1.165) is 50.6 Å². The summed E-state index contributed by atoms with van der Waals surface area (Å²) in [5, 5.41) is 12.5. The van der Waals surface area contributed by atoms with E-state index in [1.54, 1.807) is 0 Å². The van der Waals surface area contributed by atoms with Gasteiger partial charge in [-0.3, -0.25) is 0 Å². The second-order valence-corrected chi connectivity index (χ2v) is 4.94. The van der Waals surface area contributed by atoms with Crippen LogP contribution in [-0.2, 0) is 24.1 Å². The van der Waals surface area contributed by atoms with Gasteiger partial charge in [-0.2, -0.15) is 5.26 Å². The highest BCUT2D eigenvalue weighted by molar-refractivity contribution is 5.30. The van der Waals surface area contributed by atoms with Gasteiger partial charge in [0, 0.05) is 26.1 Å². The van der Waals surface area contributed by atoms with E-state index in [-0.39, 0.29) is 6.10 Å². The van der Waals surface area contributed by atoms with Crippen LogP contribution in [0.3, 0.4) is 0 Å². The summed E-state index contributed by atoms with van der Waals surface area (Å²) >= 11 is 0. The first-order valence-corrected chi connectivity index (χ1v) is 6.69. The van der Waals surface area contributed by atoms with Crippen LogP contribution >= 0.6 is 0 Å². The van der Waals surface area contributed by atoms with Crippen molar-refractivity contribution < 1.29 is 4.74 Å². The molecule has 18 heavy (non-hydrogen) atoms. The van der Waals surface area contributed by atoms with E-state index < -0.39 is 0 Å². The van der Waals surface area contributed by atoms with Crippen molar-refractivity contribution in [1.82, 2.24) is 14.9 Å². The molecule has 0 saturated carbocycles. The van der Waals surface area contributed by atoms with Gasteiger partial charge in [0.1, 0.15) is 11.9 Å². The third kappa shape index (κ3) is 2.14. The first-order valence-electron chi connectivity index (χ1n) is 6.69. The lowest BCUT2D eigenvalue weighted by molar-refractivity contribution is 0.0274. The lowest BCUT2D eigenvalue weighted by Gasteiger charge is -2.24. The van der Waals surface area contributed by atoms with Crippen LogP contribution in [0.2, 0.25) is 0 Å². The molecule has 0 aromatic carbocycles. The molecule has 96 valence electrons. The van der Waals surface area contributed by atoms with Crippen molar-refractivity contribution in [2.75, 3.05) is 19.7 Å². The number of rotatable bonds is 2. The van der Waals surface area contributed by atoms with Gasteiger partial charge in [0.25, 0.3) is 0 Å². The van der Waals surface area contributed by atoms with Gasteiger partial charge in [-0.15, -0.1) is 0 Å². The minimum absolute atomic E-state index is 0.193. The number of hydrogen-bond acceptors (Lipinski definition) is 4. The van der Waals surface area contributed by atoms with E-state index >= 15 is 0 Å². The number of nitrogens with one attached hydrogen (secondary N) is 1. The van der Waals surface area contributed by atoms with Crippen LogP contribution in [0.1, 0.15) is 30.1 Å². The highest BCUT2D eigenvalue weighted by atomic mass is 16.5. The summed E-state index contributed by atoms with van der Waals surface area (Å²) in [7, 11) is 0. The molecule has 1 unspecified atom stereocenters. The van der Waals surface area contributed by atoms with Crippen LogP contribution in [0, 0.1) is 11.3 Å². The Morgan fingerprint density at radius 1 is 1.50 bits per heavy atom. The van der Waals surface area contributed by atoms with Gasteiger partial charge in [-0.25, -0.2) is 4.98 Å². The number of morpholine rings is 1. The molecule has 0 spiro atoms. The average Bonchev–Trinajstić information content (AvgIpc) is 2.78. The van der Waals surface area contributed by atoms with Gasteiger partial charge >= 0.3 is 0 Å². The minimum atomic E-state index is 0.193. The summed E-state index contributed by atoms with van der Waals surface area (Å²) in [6.45, 7) is 3.58. The zero-order chi connectivity index (χ0) is 12.4. The van der Waals surface area contributed by atoms with Gasteiger partial charge in [-0.05, 0) is 19.3 Å². The molecule has 2 aliphatic rings. The van der Waals surface area contributed by atoms with Crippen LogP contribution in [0.25, 0.3) is 0 Å². The van der Waals surface area contributed by atoms with E-state index in [1.165, 1.54) is 12.8 Å². The number of nitrogens with zero attached hydrogens (tertiary/aromatic N) is 3. The second kappa shape index (κ2) is 5.09. The molecule has 5 heteroatoms. The molecular weight excluding hydrogens is 228 g/mol. The normalized spacial score (nSPS) is 23.4. The summed E-state index contributed by atoms with van der Waals surface area (Å²) in [5.41, 5.74) is 1.75. The number of fused-ring (bicyclic) bond motifs is 1. The molecule has 1 N–H and O–H groups in total. The molecule has 1 aromatic heterocycles. The lowest BCUT2D eigenvalue weighted by atomic mass is 10.1. The maximum absolute atomic E-state index is 9.14. The van der Waals surface area contributed by atoms with Crippen molar-refractivity contribution in [1.29, 1.82) is 5.26 Å². The van der Waals surface area contributed by atoms with Crippen LogP contribution in [-0.4, -0.2) is 35.4 Å². The van der Waals surface area contributed by atoms with E-state index in [1.807, 2.05) is 0 Å². The highest BCUT2D eigenvalue weighted by Gasteiger charge is 2.23. The Hall–Kier alpha value is -1.38. The molecule has 0 amide bonds. The summed E-state index contributed by atoms with van der Waals surface area (Å²) in [4.78, 5) is 4.50. The predicted molar refractivity (Wildman–Crippen MR) is 66.2 cm³/mol. The van der Waals surface area contributed by atoms with Crippen molar-refractivity contribution in [3.05, 3.63) is 17.2 Å².